The molecule has 3 unspecified atom stereocenters. The second kappa shape index (κ2) is 12.8. The van der Waals surface area contributed by atoms with Crippen LogP contribution in [0.2, 0.25) is 0 Å². The van der Waals surface area contributed by atoms with Crippen molar-refractivity contribution in [3.05, 3.63) is 0 Å². The molecule has 0 aliphatic heterocycles. The van der Waals surface area contributed by atoms with E-state index in [1.165, 1.54) is 11.8 Å². The van der Waals surface area contributed by atoms with Crippen molar-refractivity contribution in [2.45, 2.75) is 24.5 Å². The third-order valence-electron chi connectivity index (χ3n) is 3.01. The van der Waals surface area contributed by atoms with Crippen molar-refractivity contribution < 1.29 is 29.4 Å². The Bertz CT molecular complexity index is 479. The maximum absolute atomic E-state index is 12.2. The van der Waals surface area contributed by atoms with Crippen LogP contribution in [0.25, 0.3) is 0 Å². The molecule has 0 radical (unpaired) electrons. The number of hydrogen-bond acceptors (Lipinski definition) is 8. The lowest BCUT2D eigenvalue weighted by Gasteiger charge is -2.22. The highest BCUT2D eigenvalue weighted by Crippen LogP contribution is 2.02. The van der Waals surface area contributed by atoms with E-state index in [0.29, 0.717) is 5.75 Å². The number of aliphatic hydroxyl groups excluding tert-OH is 1. The first-order valence-electron chi connectivity index (χ1n) is 7.33. The molecule has 0 saturated carbocycles. The SMILES string of the molecule is CSCCC(NC(=O)C(CO)NC(=O)C(N)CS)C(=O)NCC(=O)O. The fraction of sp³-hybridized carbons (Fsp3) is 0.692. The minimum atomic E-state index is -1.29. The Morgan fingerprint density at radius 2 is 1.72 bits per heavy atom. The highest BCUT2D eigenvalue weighted by atomic mass is 32.2. The first-order valence-corrected chi connectivity index (χ1v) is 9.35. The number of carboxylic acid groups (broad SMARTS) is 1. The van der Waals surface area contributed by atoms with Gasteiger partial charge >= 0.3 is 5.97 Å². The average Bonchev–Trinajstić information content (AvgIpc) is 2.59. The molecule has 0 saturated heterocycles. The molecule has 0 fully saturated rings. The van der Waals surface area contributed by atoms with Crippen LogP contribution >= 0.6 is 24.4 Å². The van der Waals surface area contributed by atoms with Gasteiger partial charge < -0.3 is 31.9 Å². The van der Waals surface area contributed by atoms with E-state index in [1.54, 1.807) is 0 Å². The molecule has 144 valence electrons. The van der Waals surface area contributed by atoms with Crippen LogP contribution in [0.3, 0.4) is 0 Å². The Morgan fingerprint density at radius 3 is 2.20 bits per heavy atom. The molecule has 0 aliphatic carbocycles. The minimum absolute atomic E-state index is 0.0551. The zero-order valence-electron chi connectivity index (χ0n) is 13.7. The minimum Gasteiger partial charge on any atom is -0.480 e. The Morgan fingerprint density at radius 1 is 1.12 bits per heavy atom. The summed E-state index contributed by atoms with van der Waals surface area (Å²) in [5.41, 5.74) is 5.48. The van der Waals surface area contributed by atoms with Gasteiger partial charge in [-0.25, -0.2) is 0 Å². The first-order chi connectivity index (χ1) is 11.8. The third kappa shape index (κ3) is 9.53. The van der Waals surface area contributed by atoms with Crippen LogP contribution in [-0.2, 0) is 19.2 Å². The van der Waals surface area contributed by atoms with Crippen molar-refractivity contribution in [2.75, 3.05) is 30.9 Å². The number of carbonyl (C=O) groups excluding carboxylic acids is 3. The Kier molecular flexibility index (Phi) is 12.0. The Hall–Kier alpha value is -1.50. The number of aliphatic carboxylic acids is 1. The summed E-state index contributed by atoms with van der Waals surface area (Å²) in [4.78, 5) is 46.4. The number of rotatable bonds is 12. The lowest BCUT2D eigenvalue weighted by molar-refractivity contribution is -0.138. The summed E-state index contributed by atoms with van der Waals surface area (Å²) in [5, 5.41) is 24.7. The highest BCUT2D eigenvalue weighted by Gasteiger charge is 2.27. The van der Waals surface area contributed by atoms with Gasteiger partial charge in [-0.15, -0.1) is 0 Å². The Balaban J connectivity index is 4.87. The molecule has 0 aromatic heterocycles. The van der Waals surface area contributed by atoms with Crippen molar-refractivity contribution >= 4 is 48.1 Å². The molecule has 0 aromatic carbocycles. The molecular formula is C13H24N4O6S2. The van der Waals surface area contributed by atoms with E-state index < -0.39 is 55.0 Å². The van der Waals surface area contributed by atoms with Gasteiger partial charge in [-0.1, -0.05) is 0 Å². The molecule has 0 bridgehead atoms. The summed E-state index contributed by atoms with van der Waals surface area (Å²) in [5.74, 6) is -2.74. The normalized spacial score (nSPS) is 14.1. The van der Waals surface area contributed by atoms with Crippen molar-refractivity contribution in [3.63, 3.8) is 0 Å². The van der Waals surface area contributed by atoms with Crippen LogP contribution < -0.4 is 21.7 Å². The van der Waals surface area contributed by atoms with Crippen molar-refractivity contribution in [3.8, 4) is 0 Å². The number of carbonyl (C=O) groups is 4. The number of thiol groups is 1. The Labute approximate surface area is 155 Å². The number of hydrogen-bond donors (Lipinski definition) is 7. The van der Waals surface area contributed by atoms with Gasteiger partial charge in [0.25, 0.3) is 0 Å². The average molecular weight is 396 g/mol. The number of amides is 3. The van der Waals surface area contributed by atoms with Crippen LogP contribution in [0.4, 0.5) is 0 Å². The summed E-state index contributed by atoms with van der Waals surface area (Å²) in [6.07, 6.45) is 2.06. The zero-order valence-corrected chi connectivity index (χ0v) is 15.4. The van der Waals surface area contributed by atoms with Gasteiger partial charge in [0.05, 0.1) is 12.6 Å². The van der Waals surface area contributed by atoms with Gasteiger partial charge in [0.1, 0.15) is 18.6 Å². The summed E-state index contributed by atoms with van der Waals surface area (Å²) < 4.78 is 0. The standard InChI is InChI=1S/C13H24N4O6S2/c1-25-3-2-8(12(22)15-4-10(19)20)16-13(23)9(5-18)17-11(21)7(14)6-24/h7-9,18,24H,2-6,14H2,1H3,(H,15,22)(H,16,23)(H,17,21)(H,19,20). The van der Waals surface area contributed by atoms with Crippen molar-refractivity contribution in [1.82, 2.24) is 16.0 Å². The van der Waals surface area contributed by atoms with Crippen LogP contribution in [0.5, 0.6) is 0 Å². The lowest BCUT2D eigenvalue weighted by Crippen LogP contribution is -2.57. The highest BCUT2D eigenvalue weighted by molar-refractivity contribution is 7.98. The maximum Gasteiger partial charge on any atom is 0.322 e. The number of nitrogens with two attached hydrogens (primary N) is 1. The molecule has 3 amide bonds. The molecular weight excluding hydrogens is 372 g/mol. The zero-order chi connectivity index (χ0) is 19.4. The molecule has 0 aromatic rings. The van der Waals surface area contributed by atoms with Crippen LogP contribution in [0.1, 0.15) is 6.42 Å². The first kappa shape index (κ1) is 23.5. The van der Waals surface area contributed by atoms with Gasteiger partial charge in [-0.3, -0.25) is 19.2 Å². The van der Waals surface area contributed by atoms with Crippen LogP contribution in [0.15, 0.2) is 0 Å². The molecule has 0 spiro atoms. The van der Waals surface area contributed by atoms with Gasteiger partial charge in [0.2, 0.25) is 17.7 Å². The molecule has 10 nitrogen and oxygen atoms in total. The van der Waals surface area contributed by atoms with Gasteiger partial charge in [0.15, 0.2) is 0 Å². The van der Waals surface area contributed by atoms with Gasteiger partial charge in [-0.05, 0) is 18.4 Å². The second-order valence-electron chi connectivity index (χ2n) is 4.99. The molecule has 12 heteroatoms. The van der Waals surface area contributed by atoms with E-state index in [0.717, 1.165) is 0 Å². The van der Waals surface area contributed by atoms with E-state index in [-0.39, 0.29) is 12.2 Å². The van der Waals surface area contributed by atoms with Crippen molar-refractivity contribution in [2.24, 2.45) is 5.73 Å². The molecule has 0 aliphatic rings. The van der Waals surface area contributed by atoms with E-state index in [9.17, 15) is 24.3 Å². The number of aliphatic hydroxyl groups is 1. The summed E-state index contributed by atoms with van der Waals surface area (Å²) >= 11 is 5.31. The van der Waals surface area contributed by atoms with Crippen molar-refractivity contribution in [1.29, 1.82) is 0 Å². The predicted molar refractivity (Wildman–Crippen MR) is 96.4 cm³/mol. The molecule has 7 N–H and O–H groups in total. The molecule has 3 atom stereocenters. The number of nitrogens with one attached hydrogen (secondary N) is 3. The maximum atomic E-state index is 12.2. The topological polar surface area (TPSA) is 171 Å². The summed E-state index contributed by atoms with van der Waals surface area (Å²) in [7, 11) is 0. The van der Waals surface area contributed by atoms with E-state index in [1.807, 2.05) is 6.26 Å². The van der Waals surface area contributed by atoms with Crippen LogP contribution in [-0.4, -0.2) is 82.9 Å². The van der Waals surface area contributed by atoms with E-state index in [2.05, 4.69) is 28.6 Å². The quantitative estimate of drug-likeness (QED) is 0.173. The summed E-state index contributed by atoms with van der Waals surface area (Å²) in [6, 6.07) is -3.23. The van der Waals surface area contributed by atoms with E-state index in [4.69, 9.17) is 10.8 Å². The van der Waals surface area contributed by atoms with Gasteiger partial charge in [0, 0.05) is 5.75 Å². The fourth-order valence-corrected chi connectivity index (χ4v) is 2.26. The molecule has 0 rings (SSSR count). The smallest absolute Gasteiger partial charge is 0.322 e. The molecule has 0 heterocycles. The predicted octanol–water partition coefficient (Wildman–Crippen LogP) is -2.84. The summed E-state index contributed by atoms with van der Waals surface area (Å²) in [6.45, 7) is -1.27. The monoisotopic (exact) mass is 396 g/mol. The molecule has 25 heavy (non-hydrogen) atoms. The fourth-order valence-electron chi connectivity index (χ4n) is 1.62. The number of thioether (sulfide) groups is 1. The number of carboxylic acids is 1. The largest absolute Gasteiger partial charge is 0.480 e. The lowest BCUT2D eigenvalue weighted by atomic mass is 10.1. The van der Waals surface area contributed by atoms with E-state index >= 15 is 0 Å². The third-order valence-corrected chi connectivity index (χ3v) is 4.04. The second-order valence-corrected chi connectivity index (χ2v) is 6.34. The van der Waals surface area contributed by atoms with Crippen LogP contribution in [0, 0.1) is 0 Å². The van der Waals surface area contributed by atoms with Gasteiger partial charge in [-0.2, -0.15) is 24.4 Å².